The number of hydrogen-bond acceptors (Lipinski definition) is 2. The molecule has 0 N–H and O–H groups in total. The van der Waals surface area contributed by atoms with Gasteiger partial charge in [0.15, 0.2) is 0 Å². The van der Waals surface area contributed by atoms with E-state index in [1.54, 1.807) is 0 Å². The fourth-order valence-electron chi connectivity index (χ4n) is 1.29. The summed E-state index contributed by atoms with van der Waals surface area (Å²) in [7, 11) is 0. The van der Waals surface area contributed by atoms with Crippen LogP contribution in [0.5, 0.6) is 5.75 Å². The van der Waals surface area contributed by atoms with Crippen molar-refractivity contribution in [2.24, 2.45) is 5.16 Å². The molecule has 3 heteroatoms. The highest BCUT2D eigenvalue weighted by Gasteiger charge is 2.19. The second-order valence-corrected chi connectivity index (χ2v) is 2.83. The maximum Gasteiger partial charge on any atom is 0.135 e. The van der Waals surface area contributed by atoms with Crippen molar-refractivity contribution < 1.29 is 9.94 Å². The Hall–Kier alpha value is -1.51. The Morgan fingerprint density at radius 1 is 1.50 bits per heavy atom. The molecule has 0 fully saturated rings. The third-order valence-electron chi connectivity index (χ3n) is 1.92. The fraction of sp³-hybridized carbons (Fsp3) is 0.222. The fourth-order valence-corrected chi connectivity index (χ4v) is 1.29. The van der Waals surface area contributed by atoms with Gasteiger partial charge in [-0.15, -0.1) is 5.21 Å². The highest BCUT2D eigenvalue weighted by molar-refractivity contribution is 6.05. The van der Waals surface area contributed by atoms with Crippen molar-refractivity contribution in [1.82, 2.24) is 0 Å². The molecule has 61 valence electrons. The van der Waals surface area contributed by atoms with Crippen molar-refractivity contribution in [3.8, 4) is 5.75 Å². The van der Waals surface area contributed by atoms with E-state index < -0.39 is 0 Å². The van der Waals surface area contributed by atoms with Crippen LogP contribution >= 0.6 is 0 Å². The molecule has 0 atom stereocenters. The van der Waals surface area contributed by atoms with Gasteiger partial charge in [0.05, 0.1) is 0 Å². The summed E-state index contributed by atoms with van der Waals surface area (Å²) in [5, 5.41) is 13.2. The second-order valence-electron chi connectivity index (χ2n) is 2.83. The first-order valence-electron chi connectivity index (χ1n) is 3.74. The number of fused-ring (bicyclic) bond motifs is 1. The Morgan fingerprint density at radius 3 is 3.08 bits per heavy atom. The zero-order valence-electron chi connectivity index (χ0n) is 6.70. The lowest BCUT2D eigenvalue weighted by Gasteiger charge is -1.97. The summed E-state index contributed by atoms with van der Waals surface area (Å²) in [6.45, 7) is 2.28. The van der Waals surface area contributed by atoms with Crippen LogP contribution in [-0.4, -0.2) is 12.3 Å². The Morgan fingerprint density at radius 2 is 2.33 bits per heavy atom. The number of nitrogens with zero attached hydrogens (tertiary/aromatic N) is 1. The predicted molar refractivity (Wildman–Crippen MR) is 43.9 cm³/mol. The van der Waals surface area contributed by atoms with Crippen molar-refractivity contribution in [2.45, 2.75) is 6.92 Å². The molecule has 1 heterocycles. The molecule has 1 radical (unpaired) electrons. The molecule has 12 heavy (non-hydrogen) atoms. The summed E-state index contributed by atoms with van der Waals surface area (Å²) in [5.41, 5.74) is 2.44. The van der Waals surface area contributed by atoms with Gasteiger partial charge in [-0.1, -0.05) is 11.6 Å². The Labute approximate surface area is 70.3 Å². The van der Waals surface area contributed by atoms with Gasteiger partial charge in [-0.25, -0.2) is 0 Å². The lowest BCUT2D eigenvalue weighted by atomic mass is 10.1. The van der Waals surface area contributed by atoms with Crippen molar-refractivity contribution in [3.05, 3.63) is 29.3 Å². The molecule has 0 bridgehead atoms. The lowest BCUT2D eigenvalue weighted by Crippen LogP contribution is -2.01. The van der Waals surface area contributed by atoms with Crippen LogP contribution in [-0.2, 0) is 5.21 Å². The SMILES string of the molecule is Cc1ccc2c(c1)/C(=N/[O])CO2. The number of ether oxygens (including phenoxy) is 1. The van der Waals surface area contributed by atoms with E-state index in [1.165, 1.54) is 0 Å². The third-order valence-corrected chi connectivity index (χ3v) is 1.92. The van der Waals surface area contributed by atoms with E-state index in [2.05, 4.69) is 5.16 Å². The molecule has 1 aromatic rings. The van der Waals surface area contributed by atoms with Gasteiger partial charge >= 0.3 is 0 Å². The van der Waals surface area contributed by atoms with E-state index in [4.69, 9.17) is 4.74 Å². The maximum atomic E-state index is 10.3. The van der Waals surface area contributed by atoms with E-state index in [0.717, 1.165) is 16.9 Å². The minimum atomic E-state index is 0.308. The van der Waals surface area contributed by atoms with Gasteiger partial charge in [0.25, 0.3) is 0 Å². The zero-order chi connectivity index (χ0) is 8.55. The second kappa shape index (κ2) is 2.52. The molecule has 2 rings (SSSR count). The van der Waals surface area contributed by atoms with Crippen LogP contribution in [0.2, 0.25) is 0 Å². The van der Waals surface area contributed by atoms with E-state index in [-0.39, 0.29) is 0 Å². The average molecular weight is 162 g/mol. The van der Waals surface area contributed by atoms with Crippen molar-refractivity contribution in [1.29, 1.82) is 0 Å². The number of benzene rings is 1. The molecule has 0 spiro atoms. The summed E-state index contributed by atoms with van der Waals surface area (Å²) in [4.78, 5) is 0. The smallest absolute Gasteiger partial charge is 0.135 e. The Bertz CT molecular complexity index is 344. The van der Waals surface area contributed by atoms with Crippen LogP contribution in [0.1, 0.15) is 11.1 Å². The van der Waals surface area contributed by atoms with Gasteiger partial charge < -0.3 is 4.74 Å². The average Bonchev–Trinajstić information content (AvgIpc) is 2.46. The molecule has 0 aromatic heterocycles. The summed E-state index contributed by atoms with van der Waals surface area (Å²) in [6.07, 6.45) is 0. The molecule has 1 aliphatic heterocycles. The van der Waals surface area contributed by atoms with Crippen molar-refractivity contribution >= 4 is 5.71 Å². The Balaban J connectivity index is 2.57. The highest BCUT2D eigenvalue weighted by Crippen LogP contribution is 2.25. The summed E-state index contributed by atoms with van der Waals surface area (Å²) >= 11 is 0. The first-order chi connectivity index (χ1) is 5.81. The van der Waals surface area contributed by atoms with E-state index in [9.17, 15) is 5.21 Å². The van der Waals surface area contributed by atoms with Crippen LogP contribution in [0.15, 0.2) is 23.4 Å². The van der Waals surface area contributed by atoms with Crippen LogP contribution < -0.4 is 4.74 Å². The first-order valence-corrected chi connectivity index (χ1v) is 3.74. The summed E-state index contributed by atoms with van der Waals surface area (Å²) < 4.78 is 5.23. The maximum absolute atomic E-state index is 10.3. The topological polar surface area (TPSA) is 41.5 Å². The van der Waals surface area contributed by atoms with E-state index in [0.29, 0.717) is 12.3 Å². The van der Waals surface area contributed by atoms with E-state index in [1.807, 2.05) is 25.1 Å². The van der Waals surface area contributed by atoms with Crippen LogP contribution in [0.4, 0.5) is 0 Å². The zero-order valence-corrected chi connectivity index (χ0v) is 6.70. The molecule has 0 saturated carbocycles. The van der Waals surface area contributed by atoms with Crippen molar-refractivity contribution in [3.63, 3.8) is 0 Å². The minimum Gasteiger partial charge on any atom is -0.486 e. The van der Waals surface area contributed by atoms with Gasteiger partial charge in [0.1, 0.15) is 18.1 Å². The van der Waals surface area contributed by atoms with Crippen LogP contribution in [0, 0.1) is 6.92 Å². The minimum absolute atomic E-state index is 0.308. The molecular formula is C9H8NO2. The molecule has 0 amide bonds. The molecule has 1 aromatic carbocycles. The summed E-state index contributed by atoms with van der Waals surface area (Å²) in [6, 6.07) is 5.73. The molecule has 0 aliphatic carbocycles. The first kappa shape index (κ1) is 7.16. The van der Waals surface area contributed by atoms with Gasteiger partial charge in [-0.05, 0) is 24.2 Å². The molecule has 0 saturated heterocycles. The Kier molecular flexibility index (Phi) is 1.50. The molecular weight excluding hydrogens is 154 g/mol. The largest absolute Gasteiger partial charge is 0.486 e. The normalized spacial score (nSPS) is 17.6. The van der Waals surface area contributed by atoms with Crippen LogP contribution in [0.25, 0.3) is 0 Å². The number of hydrogen-bond donors (Lipinski definition) is 0. The van der Waals surface area contributed by atoms with E-state index >= 15 is 0 Å². The highest BCUT2D eigenvalue weighted by atomic mass is 16.5. The standard InChI is InChI=1S/C9H8NO2/c1-6-2-3-9-7(4-6)8(10-11)5-12-9/h2-4H,5H2,1H3/b10-8+. The van der Waals surface area contributed by atoms with Gasteiger partial charge in [0.2, 0.25) is 0 Å². The molecule has 0 unspecified atom stereocenters. The van der Waals surface area contributed by atoms with Crippen molar-refractivity contribution in [2.75, 3.05) is 6.61 Å². The number of rotatable bonds is 0. The third kappa shape index (κ3) is 0.942. The molecule has 1 aliphatic rings. The van der Waals surface area contributed by atoms with Crippen LogP contribution in [0.3, 0.4) is 0 Å². The van der Waals surface area contributed by atoms with Gasteiger partial charge in [0, 0.05) is 5.56 Å². The molecule has 3 nitrogen and oxygen atoms in total. The quantitative estimate of drug-likeness (QED) is 0.533. The van der Waals surface area contributed by atoms with Gasteiger partial charge in [-0.3, -0.25) is 0 Å². The predicted octanol–water partition coefficient (Wildman–Crippen LogP) is 1.52. The van der Waals surface area contributed by atoms with Gasteiger partial charge in [-0.2, -0.15) is 0 Å². The summed E-state index contributed by atoms with van der Waals surface area (Å²) in [5.74, 6) is 0.759. The monoisotopic (exact) mass is 162 g/mol. The number of aryl methyl sites for hydroxylation is 1. The lowest BCUT2D eigenvalue weighted by molar-refractivity contribution is 0.207.